The van der Waals surface area contributed by atoms with Crippen molar-refractivity contribution in [1.82, 2.24) is 0 Å². The van der Waals surface area contributed by atoms with Gasteiger partial charge in [-0.25, -0.2) is 0 Å². The number of carbonyl (C=O) groups excluding carboxylic acids is 1. The predicted octanol–water partition coefficient (Wildman–Crippen LogP) is 7.52. The van der Waals surface area contributed by atoms with E-state index in [1.807, 2.05) is 0 Å². The van der Waals surface area contributed by atoms with E-state index in [1.54, 1.807) is 0 Å². The molecule has 0 heterocycles. The molecule has 2 aromatic rings. The third kappa shape index (κ3) is 3.10. The molecule has 4 unspecified atom stereocenters. The van der Waals surface area contributed by atoms with Crippen molar-refractivity contribution in [3.63, 3.8) is 0 Å². The number of carbonyl (C=O) groups is 1. The molecule has 4 bridgehead atoms. The zero-order valence-electron chi connectivity index (χ0n) is 19.3. The molecule has 0 aromatic heterocycles. The van der Waals surface area contributed by atoms with Crippen molar-refractivity contribution in [3.8, 4) is 0 Å². The quantitative estimate of drug-likeness (QED) is 0.355. The Kier molecular flexibility index (Phi) is 4.58. The summed E-state index contributed by atoms with van der Waals surface area (Å²) < 4.78 is 0. The average Bonchev–Trinajstić information content (AvgIpc) is 3.70. The zero-order valence-corrected chi connectivity index (χ0v) is 19.3. The summed E-state index contributed by atoms with van der Waals surface area (Å²) in [6.07, 6.45) is 17.9. The first-order valence-corrected chi connectivity index (χ1v) is 12.7. The third-order valence-corrected chi connectivity index (χ3v) is 8.41. The Balaban J connectivity index is 1.25. The van der Waals surface area contributed by atoms with Gasteiger partial charge in [0.2, 0.25) is 0 Å². The van der Waals surface area contributed by atoms with Gasteiger partial charge >= 0.3 is 0 Å². The first-order chi connectivity index (χ1) is 16.8. The first kappa shape index (κ1) is 20.0. The minimum absolute atomic E-state index is 0.262. The summed E-state index contributed by atoms with van der Waals surface area (Å²) in [5.41, 5.74) is 10.2. The highest BCUT2D eigenvalue weighted by Gasteiger charge is 2.37. The number of rotatable bonds is 4. The average molecular weight is 441 g/mol. The van der Waals surface area contributed by atoms with Crippen LogP contribution in [0.2, 0.25) is 0 Å². The molecule has 1 heteroatoms. The number of Topliss-reactive ketones (excluding diaryl/α,β-unsaturated/α-hetero) is 1. The Morgan fingerprint density at radius 1 is 0.559 bits per heavy atom. The van der Waals surface area contributed by atoms with Crippen LogP contribution in [-0.4, -0.2) is 5.78 Å². The summed E-state index contributed by atoms with van der Waals surface area (Å²) in [5, 5.41) is 0. The van der Waals surface area contributed by atoms with E-state index in [0.29, 0.717) is 23.7 Å². The van der Waals surface area contributed by atoms with E-state index in [1.165, 1.54) is 33.4 Å². The Bertz CT molecular complexity index is 1250. The van der Waals surface area contributed by atoms with E-state index < -0.39 is 0 Å². The van der Waals surface area contributed by atoms with Crippen molar-refractivity contribution in [3.05, 3.63) is 131 Å². The molecule has 2 aromatic carbocycles. The molecule has 1 nitrogen and oxygen atoms in total. The maximum Gasteiger partial charge on any atom is 0.185 e. The first-order valence-electron chi connectivity index (χ1n) is 12.7. The molecular formula is C33H28O. The van der Waals surface area contributed by atoms with Gasteiger partial charge < -0.3 is 0 Å². The van der Waals surface area contributed by atoms with Gasteiger partial charge in [-0.05, 0) is 59.1 Å². The molecule has 0 spiro atoms. The van der Waals surface area contributed by atoms with Gasteiger partial charge in [-0.1, -0.05) is 97.1 Å². The highest BCUT2D eigenvalue weighted by Crippen LogP contribution is 2.51. The fraction of sp³-hybridized carbons (Fsp3) is 0.242. The molecule has 166 valence electrons. The van der Waals surface area contributed by atoms with Gasteiger partial charge in [-0.2, -0.15) is 0 Å². The Morgan fingerprint density at radius 2 is 0.971 bits per heavy atom. The summed E-state index contributed by atoms with van der Waals surface area (Å²) in [6.45, 7) is 0. The van der Waals surface area contributed by atoms with Crippen LogP contribution >= 0.6 is 0 Å². The van der Waals surface area contributed by atoms with Crippen molar-refractivity contribution in [1.29, 1.82) is 0 Å². The van der Waals surface area contributed by atoms with Gasteiger partial charge in [0.15, 0.2) is 5.78 Å². The molecule has 5 aliphatic rings. The molecular weight excluding hydrogens is 412 g/mol. The Morgan fingerprint density at radius 3 is 1.41 bits per heavy atom. The highest BCUT2D eigenvalue weighted by molar-refractivity contribution is 6.11. The molecule has 0 radical (unpaired) electrons. The van der Waals surface area contributed by atoms with Crippen LogP contribution < -0.4 is 0 Å². The van der Waals surface area contributed by atoms with Crippen molar-refractivity contribution in [2.45, 2.75) is 25.7 Å². The number of fused-ring (bicyclic) bond motifs is 4. The summed E-state index contributed by atoms with van der Waals surface area (Å²) in [5.74, 6) is 2.15. The van der Waals surface area contributed by atoms with Crippen LogP contribution in [0.5, 0.6) is 0 Å². The van der Waals surface area contributed by atoms with Gasteiger partial charge in [0.05, 0.1) is 0 Å². The molecule has 4 atom stereocenters. The van der Waals surface area contributed by atoms with Gasteiger partial charge in [0.25, 0.3) is 0 Å². The Labute approximate surface area is 201 Å². The number of ketones is 1. The van der Waals surface area contributed by atoms with Gasteiger partial charge in [0.1, 0.15) is 0 Å². The van der Waals surface area contributed by atoms with E-state index in [9.17, 15) is 4.79 Å². The molecule has 1 fully saturated rings. The number of hydrogen-bond acceptors (Lipinski definition) is 1. The van der Waals surface area contributed by atoms with Crippen molar-refractivity contribution >= 4 is 16.9 Å². The summed E-state index contributed by atoms with van der Waals surface area (Å²) in [7, 11) is 0. The second-order valence-corrected chi connectivity index (χ2v) is 10.3. The number of hydrogen-bond donors (Lipinski definition) is 0. The van der Waals surface area contributed by atoms with E-state index in [2.05, 4.69) is 97.1 Å². The Hall–Kier alpha value is -3.45. The number of allylic oxidation sites excluding steroid dienone is 12. The van der Waals surface area contributed by atoms with E-state index in [4.69, 9.17) is 0 Å². The fourth-order valence-electron chi connectivity index (χ4n) is 6.83. The van der Waals surface area contributed by atoms with Crippen LogP contribution in [-0.2, 0) is 4.79 Å². The van der Waals surface area contributed by atoms with Crippen LogP contribution in [0.1, 0.15) is 36.8 Å². The summed E-state index contributed by atoms with van der Waals surface area (Å²) in [4.78, 5) is 13.6. The molecule has 0 N–H and O–H groups in total. The lowest BCUT2D eigenvalue weighted by Crippen LogP contribution is -2.02. The monoisotopic (exact) mass is 440 g/mol. The largest absolute Gasteiger partial charge is 0.289 e. The zero-order chi connectivity index (χ0) is 22.6. The van der Waals surface area contributed by atoms with Crippen molar-refractivity contribution in [2.24, 2.45) is 23.7 Å². The smallest absolute Gasteiger partial charge is 0.185 e. The number of benzene rings is 2. The second kappa shape index (κ2) is 7.81. The molecule has 1 saturated carbocycles. The minimum Gasteiger partial charge on any atom is -0.289 e. The van der Waals surface area contributed by atoms with E-state index in [0.717, 1.165) is 36.8 Å². The third-order valence-electron chi connectivity index (χ3n) is 8.41. The minimum atomic E-state index is 0.262. The van der Waals surface area contributed by atoms with Crippen molar-refractivity contribution < 1.29 is 4.79 Å². The lowest BCUT2D eigenvalue weighted by molar-refractivity contribution is -0.111. The van der Waals surface area contributed by atoms with Gasteiger partial charge in [-0.3, -0.25) is 4.79 Å². The van der Waals surface area contributed by atoms with Crippen LogP contribution in [0.25, 0.3) is 11.1 Å². The van der Waals surface area contributed by atoms with Crippen LogP contribution in [0.15, 0.2) is 119 Å². The summed E-state index contributed by atoms with van der Waals surface area (Å²) >= 11 is 0. The van der Waals surface area contributed by atoms with Gasteiger partial charge in [0, 0.05) is 34.8 Å². The highest BCUT2D eigenvalue weighted by atomic mass is 16.1. The molecule has 5 aliphatic carbocycles. The topological polar surface area (TPSA) is 17.1 Å². The molecule has 34 heavy (non-hydrogen) atoms. The molecule has 7 rings (SSSR count). The normalized spacial score (nSPS) is 31.4. The van der Waals surface area contributed by atoms with Crippen LogP contribution in [0, 0.1) is 23.7 Å². The molecule has 0 saturated heterocycles. The van der Waals surface area contributed by atoms with E-state index >= 15 is 0 Å². The lowest BCUT2D eigenvalue weighted by atomic mass is 9.89. The lowest BCUT2D eigenvalue weighted by Gasteiger charge is -2.15. The van der Waals surface area contributed by atoms with Crippen LogP contribution in [0.3, 0.4) is 0 Å². The maximum atomic E-state index is 13.6. The summed E-state index contributed by atoms with van der Waals surface area (Å²) in [6, 6.07) is 21.5. The molecule has 0 aliphatic heterocycles. The van der Waals surface area contributed by atoms with Gasteiger partial charge in [-0.15, -0.1) is 0 Å². The molecule has 0 amide bonds. The van der Waals surface area contributed by atoms with E-state index in [-0.39, 0.29) is 5.78 Å². The van der Waals surface area contributed by atoms with Crippen molar-refractivity contribution in [2.75, 3.05) is 0 Å². The SMILES string of the molecule is O=C1/C(=C\C2=C(c3ccccc3)C3C=CC2C3)CC/C1=C\C1=C(c2ccccc2)C2C=CC1C2. The second-order valence-electron chi connectivity index (χ2n) is 10.3. The predicted molar refractivity (Wildman–Crippen MR) is 139 cm³/mol. The standard InChI is InChI=1S/C33H28O/c34-33-27(19-29-23-11-13-25(17-23)31(29)21-7-3-1-4-8-21)15-16-28(33)20-30-24-12-14-26(18-24)32(30)22-9-5-2-6-10-22/h1-14,19-20,23-26H,15-18H2/b27-19-,28-20+. The maximum absolute atomic E-state index is 13.6. The fourth-order valence-corrected chi connectivity index (χ4v) is 6.83. The van der Waals surface area contributed by atoms with Crippen LogP contribution in [0.4, 0.5) is 0 Å².